The van der Waals surface area contributed by atoms with E-state index < -0.39 is 0 Å². The molecule has 0 saturated heterocycles. The first-order chi connectivity index (χ1) is 9.74. The third kappa shape index (κ3) is 3.52. The SMILES string of the molecule is COc1ccc(CN[C@H](C)c2ccccc2OC)cc1. The molecule has 0 fully saturated rings. The normalized spacial score (nSPS) is 11.9. The molecule has 0 aliphatic carbocycles. The van der Waals surface area contributed by atoms with Crippen LogP contribution in [0.5, 0.6) is 11.5 Å². The zero-order chi connectivity index (χ0) is 14.4. The molecule has 0 aromatic heterocycles. The van der Waals surface area contributed by atoms with Crippen LogP contribution < -0.4 is 14.8 Å². The van der Waals surface area contributed by atoms with Gasteiger partial charge < -0.3 is 14.8 Å². The highest BCUT2D eigenvalue weighted by molar-refractivity contribution is 5.35. The maximum absolute atomic E-state index is 5.39. The average molecular weight is 271 g/mol. The Bertz CT molecular complexity index is 537. The smallest absolute Gasteiger partial charge is 0.123 e. The Hall–Kier alpha value is -2.00. The Balaban J connectivity index is 1.98. The van der Waals surface area contributed by atoms with Crippen LogP contribution in [0.15, 0.2) is 48.5 Å². The van der Waals surface area contributed by atoms with E-state index >= 15 is 0 Å². The zero-order valence-corrected chi connectivity index (χ0v) is 12.2. The molecular weight excluding hydrogens is 250 g/mol. The van der Waals surface area contributed by atoms with Gasteiger partial charge in [0.25, 0.3) is 0 Å². The van der Waals surface area contributed by atoms with Gasteiger partial charge in [0.2, 0.25) is 0 Å². The minimum Gasteiger partial charge on any atom is -0.497 e. The van der Waals surface area contributed by atoms with Gasteiger partial charge in [-0.25, -0.2) is 0 Å². The minimum atomic E-state index is 0.230. The molecule has 0 saturated carbocycles. The lowest BCUT2D eigenvalue weighted by Gasteiger charge is -2.17. The van der Waals surface area contributed by atoms with Gasteiger partial charge in [-0.1, -0.05) is 30.3 Å². The Labute approximate surface area is 120 Å². The number of ether oxygens (including phenoxy) is 2. The summed E-state index contributed by atoms with van der Waals surface area (Å²) in [6.07, 6.45) is 0. The van der Waals surface area contributed by atoms with Crippen molar-refractivity contribution in [3.8, 4) is 11.5 Å². The van der Waals surface area contributed by atoms with Crippen LogP contribution in [-0.4, -0.2) is 14.2 Å². The van der Waals surface area contributed by atoms with Crippen molar-refractivity contribution in [3.63, 3.8) is 0 Å². The molecule has 0 bridgehead atoms. The maximum Gasteiger partial charge on any atom is 0.123 e. The second kappa shape index (κ2) is 6.96. The molecule has 2 rings (SSSR count). The van der Waals surface area contributed by atoms with Crippen LogP contribution in [0.25, 0.3) is 0 Å². The van der Waals surface area contributed by atoms with Gasteiger partial charge in [0, 0.05) is 18.2 Å². The standard InChI is InChI=1S/C17H21NO2/c1-13(16-6-4-5-7-17(16)20-3)18-12-14-8-10-15(19-2)11-9-14/h4-11,13,18H,12H2,1-3H3/t13-/m1/s1. The highest BCUT2D eigenvalue weighted by Gasteiger charge is 2.09. The van der Waals surface area contributed by atoms with Crippen molar-refractivity contribution in [2.45, 2.75) is 19.5 Å². The van der Waals surface area contributed by atoms with Crippen LogP contribution >= 0.6 is 0 Å². The number of hydrogen-bond donors (Lipinski definition) is 1. The second-order valence-corrected chi connectivity index (χ2v) is 4.69. The van der Waals surface area contributed by atoms with Crippen LogP contribution in [0.4, 0.5) is 0 Å². The number of hydrogen-bond acceptors (Lipinski definition) is 3. The van der Waals surface area contributed by atoms with Gasteiger partial charge in [0.1, 0.15) is 11.5 Å². The third-order valence-electron chi connectivity index (χ3n) is 3.38. The lowest BCUT2D eigenvalue weighted by Crippen LogP contribution is -2.18. The Morgan fingerprint density at radius 3 is 2.30 bits per heavy atom. The fourth-order valence-electron chi connectivity index (χ4n) is 2.15. The Morgan fingerprint density at radius 1 is 0.950 bits per heavy atom. The van der Waals surface area contributed by atoms with Gasteiger partial charge in [0.05, 0.1) is 14.2 Å². The molecule has 2 aromatic carbocycles. The molecule has 0 radical (unpaired) electrons. The summed E-state index contributed by atoms with van der Waals surface area (Å²) >= 11 is 0. The summed E-state index contributed by atoms with van der Waals surface area (Å²) in [5, 5.41) is 3.51. The van der Waals surface area contributed by atoms with E-state index in [-0.39, 0.29) is 6.04 Å². The Morgan fingerprint density at radius 2 is 1.65 bits per heavy atom. The molecule has 0 heterocycles. The van der Waals surface area contributed by atoms with Crippen LogP contribution in [0.2, 0.25) is 0 Å². The average Bonchev–Trinajstić information content (AvgIpc) is 2.53. The predicted octanol–water partition coefficient (Wildman–Crippen LogP) is 3.55. The summed E-state index contributed by atoms with van der Waals surface area (Å²) < 4.78 is 10.5. The molecule has 0 aliphatic rings. The van der Waals surface area contributed by atoms with E-state index in [1.165, 1.54) is 11.1 Å². The van der Waals surface area contributed by atoms with Crippen molar-refractivity contribution in [1.29, 1.82) is 0 Å². The zero-order valence-electron chi connectivity index (χ0n) is 12.2. The van der Waals surface area contributed by atoms with Gasteiger partial charge in [-0.2, -0.15) is 0 Å². The van der Waals surface area contributed by atoms with Crippen LogP contribution in [0.1, 0.15) is 24.1 Å². The molecule has 106 valence electrons. The van der Waals surface area contributed by atoms with E-state index in [9.17, 15) is 0 Å². The van der Waals surface area contributed by atoms with Gasteiger partial charge in [-0.3, -0.25) is 0 Å². The first-order valence-corrected chi connectivity index (χ1v) is 6.74. The van der Waals surface area contributed by atoms with E-state index in [0.29, 0.717) is 0 Å². The molecule has 0 spiro atoms. The van der Waals surface area contributed by atoms with Gasteiger partial charge in [0.15, 0.2) is 0 Å². The van der Waals surface area contributed by atoms with Crippen molar-refractivity contribution in [2.24, 2.45) is 0 Å². The van der Waals surface area contributed by atoms with Crippen molar-refractivity contribution >= 4 is 0 Å². The largest absolute Gasteiger partial charge is 0.497 e. The number of para-hydroxylation sites is 1. The summed E-state index contributed by atoms with van der Waals surface area (Å²) in [7, 11) is 3.38. The molecule has 0 aliphatic heterocycles. The van der Waals surface area contributed by atoms with E-state index in [2.05, 4.69) is 30.4 Å². The van der Waals surface area contributed by atoms with Crippen molar-refractivity contribution in [2.75, 3.05) is 14.2 Å². The van der Waals surface area contributed by atoms with Crippen LogP contribution in [0.3, 0.4) is 0 Å². The molecule has 1 N–H and O–H groups in total. The number of nitrogens with one attached hydrogen (secondary N) is 1. The van der Waals surface area contributed by atoms with Crippen LogP contribution in [-0.2, 0) is 6.54 Å². The van der Waals surface area contributed by atoms with E-state index in [4.69, 9.17) is 9.47 Å². The lowest BCUT2D eigenvalue weighted by atomic mass is 10.1. The van der Waals surface area contributed by atoms with Crippen LogP contribution in [0, 0.1) is 0 Å². The quantitative estimate of drug-likeness (QED) is 0.871. The summed E-state index contributed by atoms with van der Waals surface area (Å²) in [6, 6.07) is 16.4. The van der Waals surface area contributed by atoms with Crippen molar-refractivity contribution in [3.05, 3.63) is 59.7 Å². The third-order valence-corrected chi connectivity index (χ3v) is 3.38. The first kappa shape index (κ1) is 14.4. The number of rotatable bonds is 6. The van der Waals surface area contributed by atoms with E-state index in [1.54, 1.807) is 14.2 Å². The maximum atomic E-state index is 5.39. The van der Waals surface area contributed by atoms with Gasteiger partial charge in [-0.05, 0) is 30.7 Å². The topological polar surface area (TPSA) is 30.5 Å². The molecule has 1 atom stereocenters. The Kier molecular flexibility index (Phi) is 5.02. The van der Waals surface area contributed by atoms with E-state index in [1.807, 2.05) is 30.3 Å². The minimum absolute atomic E-state index is 0.230. The highest BCUT2D eigenvalue weighted by Crippen LogP contribution is 2.24. The predicted molar refractivity (Wildman–Crippen MR) is 81.2 cm³/mol. The van der Waals surface area contributed by atoms with Gasteiger partial charge in [-0.15, -0.1) is 0 Å². The summed E-state index contributed by atoms with van der Waals surface area (Å²) in [6.45, 7) is 2.95. The molecule has 20 heavy (non-hydrogen) atoms. The summed E-state index contributed by atoms with van der Waals surface area (Å²) in [5.41, 5.74) is 2.40. The lowest BCUT2D eigenvalue weighted by molar-refractivity contribution is 0.401. The molecule has 0 amide bonds. The fourth-order valence-corrected chi connectivity index (χ4v) is 2.15. The molecular formula is C17H21NO2. The van der Waals surface area contributed by atoms with Crippen molar-refractivity contribution < 1.29 is 9.47 Å². The monoisotopic (exact) mass is 271 g/mol. The second-order valence-electron chi connectivity index (χ2n) is 4.69. The fraction of sp³-hybridized carbons (Fsp3) is 0.294. The molecule has 0 unspecified atom stereocenters. The molecule has 3 heteroatoms. The number of methoxy groups -OCH3 is 2. The first-order valence-electron chi connectivity index (χ1n) is 6.74. The van der Waals surface area contributed by atoms with Crippen molar-refractivity contribution in [1.82, 2.24) is 5.32 Å². The molecule has 3 nitrogen and oxygen atoms in total. The summed E-state index contributed by atoms with van der Waals surface area (Å²) in [4.78, 5) is 0. The number of benzene rings is 2. The molecule has 2 aromatic rings. The van der Waals surface area contributed by atoms with Gasteiger partial charge >= 0.3 is 0 Å². The van der Waals surface area contributed by atoms with E-state index in [0.717, 1.165) is 18.0 Å². The highest BCUT2D eigenvalue weighted by atomic mass is 16.5. The summed E-state index contributed by atoms with van der Waals surface area (Å²) in [5.74, 6) is 1.80.